The van der Waals surface area contributed by atoms with Crippen molar-refractivity contribution >= 4 is 29.0 Å². The quantitative estimate of drug-likeness (QED) is 0.434. The van der Waals surface area contributed by atoms with Crippen molar-refractivity contribution < 1.29 is 9.72 Å². The van der Waals surface area contributed by atoms with Crippen molar-refractivity contribution in [3.63, 3.8) is 0 Å². The summed E-state index contributed by atoms with van der Waals surface area (Å²) in [7, 11) is 0. The predicted molar refractivity (Wildman–Crippen MR) is 123 cm³/mol. The zero-order valence-corrected chi connectivity index (χ0v) is 18.5. The molecule has 0 aliphatic carbocycles. The molecular formula is C23H22ClN5O3. The molecule has 1 aromatic heterocycles. The molecule has 9 heteroatoms. The van der Waals surface area contributed by atoms with Crippen molar-refractivity contribution in [1.82, 2.24) is 15.1 Å². The van der Waals surface area contributed by atoms with Crippen LogP contribution in [0.3, 0.4) is 0 Å². The minimum Gasteiger partial charge on any atom is -0.352 e. The van der Waals surface area contributed by atoms with E-state index in [4.69, 9.17) is 11.6 Å². The summed E-state index contributed by atoms with van der Waals surface area (Å²) < 4.78 is 0. The van der Waals surface area contributed by atoms with Gasteiger partial charge in [-0.25, -0.2) is 0 Å². The lowest BCUT2D eigenvalue weighted by molar-refractivity contribution is -0.384. The average molecular weight is 452 g/mol. The van der Waals surface area contributed by atoms with Crippen molar-refractivity contribution in [1.29, 1.82) is 0 Å². The van der Waals surface area contributed by atoms with E-state index in [1.807, 2.05) is 18.2 Å². The van der Waals surface area contributed by atoms with E-state index in [9.17, 15) is 14.9 Å². The zero-order valence-electron chi connectivity index (χ0n) is 17.8. The van der Waals surface area contributed by atoms with Crippen molar-refractivity contribution in [2.24, 2.45) is 0 Å². The van der Waals surface area contributed by atoms with Gasteiger partial charge in [0.05, 0.1) is 21.2 Å². The van der Waals surface area contributed by atoms with Crippen LogP contribution in [0.15, 0.2) is 48.5 Å². The van der Waals surface area contributed by atoms with Crippen LogP contribution in [0, 0.1) is 24.0 Å². The Morgan fingerprint density at radius 3 is 2.34 bits per heavy atom. The van der Waals surface area contributed by atoms with E-state index < -0.39 is 4.92 Å². The van der Waals surface area contributed by atoms with Crippen LogP contribution in [0.5, 0.6) is 0 Å². The first-order valence-corrected chi connectivity index (χ1v) is 10.6. The molecule has 1 aliphatic heterocycles. The van der Waals surface area contributed by atoms with Crippen LogP contribution in [0.4, 0.5) is 11.5 Å². The summed E-state index contributed by atoms with van der Waals surface area (Å²) in [5, 5.41) is 20.0. The molecule has 0 atom stereocenters. The number of carbonyl (C=O) groups excluding carboxylic acids is 1. The summed E-state index contributed by atoms with van der Waals surface area (Å²) in [5.41, 5.74) is 4.26. The Labute approximate surface area is 190 Å². The number of halogens is 1. The van der Waals surface area contributed by atoms with E-state index in [0.717, 1.165) is 17.1 Å². The molecule has 0 unspecified atom stereocenters. The van der Waals surface area contributed by atoms with Crippen LogP contribution >= 0.6 is 11.6 Å². The molecule has 0 radical (unpaired) electrons. The van der Waals surface area contributed by atoms with Gasteiger partial charge < -0.3 is 9.80 Å². The number of nitro benzene ring substituents is 1. The lowest BCUT2D eigenvalue weighted by Crippen LogP contribution is -2.49. The SMILES string of the molecule is Cc1ccc(-c2ccc(N3CCN(C(=O)c4cc([N+](=O)[O-])ccc4Cl)CC3)nn2)cc1C. The fraction of sp³-hybridized carbons (Fsp3) is 0.261. The highest BCUT2D eigenvalue weighted by atomic mass is 35.5. The first-order chi connectivity index (χ1) is 15.3. The van der Waals surface area contributed by atoms with E-state index in [2.05, 4.69) is 41.1 Å². The van der Waals surface area contributed by atoms with Crippen LogP contribution in [-0.4, -0.2) is 52.1 Å². The smallest absolute Gasteiger partial charge is 0.270 e. The lowest BCUT2D eigenvalue weighted by atomic mass is 10.0. The fourth-order valence-corrected chi connectivity index (χ4v) is 3.85. The minimum absolute atomic E-state index is 0.145. The Balaban J connectivity index is 1.42. The van der Waals surface area contributed by atoms with Gasteiger partial charge in [-0.3, -0.25) is 14.9 Å². The molecule has 2 aromatic carbocycles. The molecular weight excluding hydrogens is 430 g/mol. The van der Waals surface area contributed by atoms with Gasteiger partial charge in [0.1, 0.15) is 0 Å². The minimum atomic E-state index is -0.536. The topological polar surface area (TPSA) is 92.5 Å². The van der Waals surface area contributed by atoms with Gasteiger partial charge >= 0.3 is 0 Å². The van der Waals surface area contributed by atoms with Crippen LogP contribution in [0.25, 0.3) is 11.3 Å². The van der Waals surface area contributed by atoms with Gasteiger partial charge in [0.15, 0.2) is 5.82 Å². The van der Waals surface area contributed by atoms with Crippen LogP contribution in [0.1, 0.15) is 21.5 Å². The third-order valence-electron chi connectivity index (χ3n) is 5.74. The van der Waals surface area contributed by atoms with Crippen LogP contribution < -0.4 is 4.90 Å². The summed E-state index contributed by atoms with van der Waals surface area (Å²) in [6.45, 7) is 6.22. The highest BCUT2D eigenvalue weighted by Crippen LogP contribution is 2.25. The number of hydrogen-bond donors (Lipinski definition) is 0. The summed E-state index contributed by atoms with van der Waals surface area (Å²) in [4.78, 5) is 27.1. The maximum absolute atomic E-state index is 12.9. The molecule has 0 spiro atoms. The largest absolute Gasteiger partial charge is 0.352 e. The molecule has 1 aliphatic rings. The average Bonchev–Trinajstić information content (AvgIpc) is 2.81. The van der Waals surface area contributed by atoms with E-state index >= 15 is 0 Å². The number of aryl methyl sites for hydroxylation is 2. The number of amides is 1. The standard InChI is InChI=1S/C23H22ClN5O3/c1-15-3-4-17(13-16(15)2)21-7-8-22(26-25-21)27-9-11-28(12-10-27)23(30)19-14-18(29(31)32)5-6-20(19)24/h3-8,13-14H,9-12H2,1-2H3. The first-order valence-electron chi connectivity index (χ1n) is 10.2. The number of anilines is 1. The molecule has 1 amide bonds. The number of rotatable bonds is 4. The first kappa shape index (κ1) is 21.7. The number of piperazine rings is 1. The number of non-ortho nitro benzene ring substituents is 1. The molecule has 8 nitrogen and oxygen atoms in total. The number of nitro groups is 1. The third-order valence-corrected chi connectivity index (χ3v) is 6.06. The fourth-order valence-electron chi connectivity index (χ4n) is 3.65. The highest BCUT2D eigenvalue weighted by molar-refractivity contribution is 6.33. The van der Waals surface area contributed by atoms with E-state index in [1.165, 1.54) is 29.3 Å². The van der Waals surface area contributed by atoms with Crippen molar-refractivity contribution in [2.75, 3.05) is 31.1 Å². The third kappa shape index (κ3) is 4.40. The molecule has 3 aromatic rings. The molecule has 1 fully saturated rings. The molecule has 0 saturated carbocycles. The van der Waals surface area contributed by atoms with E-state index in [-0.39, 0.29) is 22.2 Å². The monoisotopic (exact) mass is 451 g/mol. The Morgan fingerprint density at radius 2 is 1.72 bits per heavy atom. The maximum Gasteiger partial charge on any atom is 0.270 e. The number of aromatic nitrogens is 2. The van der Waals surface area contributed by atoms with Gasteiger partial charge in [0, 0.05) is 43.9 Å². The second kappa shape index (κ2) is 8.92. The van der Waals surface area contributed by atoms with Gasteiger partial charge in [-0.2, -0.15) is 0 Å². The Hall–Kier alpha value is -3.52. The summed E-state index contributed by atoms with van der Waals surface area (Å²) in [5.74, 6) is 0.438. The normalized spacial score (nSPS) is 13.8. The van der Waals surface area contributed by atoms with Crippen molar-refractivity contribution in [2.45, 2.75) is 13.8 Å². The maximum atomic E-state index is 12.9. The van der Waals surface area contributed by atoms with E-state index in [0.29, 0.717) is 26.2 Å². The number of nitrogens with zero attached hydrogens (tertiary/aromatic N) is 5. The predicted octanol–water partition coefficient (Wildman–Crippen LogP) is 4.28. The summed E-state index contributed by atoms with van der Waals surface area (Å²) in [6.07, 6.45) is 0. The lowest BCUT2D eigenvalue weighted by Gasteiger charge is -2.35. The van der Waals surface area contributed by atoms with Gasteiger partial charge in [-0.1, -0.05) is 23.7 Å². The van der Waals surface area contributed by atoms with Crippen molar-refractivity contribution in [3.8, 4) is 11.3 Å². The molecule has 32 heavy (non-hydrogen) atoms. The molecule has 0 N–H and O–H groups in total. The van der Waals surface area contributed by atoms with E-state index in [1.54, 1.807) is 4.90 Å². The van der Waals surface area contributed by atoms with Gasteiger partial charge in [-0.15, -0.1) is 10.2 Å². The van der Waals surface area contributed by atoms with Crippen LogP contribution in [-0.2, 0) is 0 Å². The van der Waals surface area contributed by atoms with Crippen molar-refractivity contribution in [3.05, 3.63) is 80.4 Å². The second-order valence-electron chi connectivity index (χ2n) is 7.78. The van der Waals surface area contributed by atoms with Crippen LogP contribution in [0.2, 0.25) is 5.02 Å². The number of hydrogen-bond acceptors (Lipinski definition) is 6. The van der Waals surface area contributed by atoms with Gasteiger partial charge in [0.25, 0.3) is 11.6 Å². The second-order valence-corrected chi connectivity index (χ2v) is 8.18. The Morgan fingerprint density at radius 1 is 0.969 bits per heavy atom. The molecule has 164 valence electrons. The summed E-state index contributed by atoms with van der Waals surface area (Å²) in [6, 6.07) is 14.0. The summed E-state index contributed by atoms with van der Waals surface area (Å²) >= 11 is 6.12. The Bertz CT molecular complexity index is 1170. The zero-order chi connectivity index (χ0) is 22.8. The number of carbonyl (C=O) groups is 1. The highest BCUT2D eigenvalue weighted by Gasteiger charge is 2.26. The number of benzene rings is 2. The van der Waals surface area contributed by atoms with Gasteiger partial charge in [-0.05, 0) is 49.2 Å². The van der Waals surface area contributed by atoms with Gasteiger partial charge in [0.2, 0.25) is 0 Å². The molecule has 0 bridgehead atoms. The molecule has 4 rings (SSSR count). The Kier molecular flexibility index (Phi) is 6.05. The molecule has 1 saturated heterocycles. The molecule has 2 heterocycles.